The van der Waals surface area contributed by atoms with E-state index in [1.54, 1.807) is 49.9 Å². The maximum Gasteiger partial charge on any atom is 0.408 e. The summed E-state index contributed by atoms with van der Waals surface area (Å²) in [7, 11) is 1.27. The van der Waals surface area contributed by atoms with Crippen LogP contribution in [0, 0.1) is 0 Å². The molecule has 4 aromatic rings. The van der Waals surface area contributed by atoms with Gasteiger partial charge in [0, 0.05) is 35.7 Å². The highest BCUT2D eigenvalue weighted by Crippen LogP contribution is 2.27. The maximum atomic E-state index is 12.9. The summed E-state index contributed by atoms with van der Waals surface area (Å²) in [6.45, 7) is 5.24. The number of aromatic nitrogens is 2. The van der Waals surface area contributed by atoms with Crippen LogP contribution in [0.3, 0.4) is 0 Å². The molecule has 2 heterocycles. The van der Waals surface area contributed by atoms with Crippen molar-refractivity contribution >= 4 is 33.7 Å². The Hall–Kier alpha value is -4.20. The molecule has 0 bridgehead atoms. The molecule has 0 saturated heterocycles. The molecule has 0 saturated carbocycles. The number of carbonyl (C=O) groups excluding carboxylic acids is 2. The highest BCUT2D eigenvalue weighted by molar-refractivity contribution is 5.95. The van der Waals surface area contributed by atoms with Gasteiger partial charge in [-0.3, -0.25) is 14.3 Å². The molecule has 1 atom stereocenters. The van der Waals surface area contributed by atoms with Crippen molar-refractivity contribution in [1.29, 1.82) is 0 Å². The average molecular weight is 474 g/mol. The van der Waals surface area contributed by atoms with Crippen LogP contribution in [0.25, 0.3) is 27.4 Å². The van der Waals surface area contributed by atoms with Crippen LogP contribution >= 0.6 is 0 Å². The van der Waals surface area contributed by atoms with Crippen molar-refractivity contribution in [2.24, 2.45) is 0 Å². The van der Waals surface area contributed by atoms with E-state index >= 15 is 0 Å². The minimum Gasteiger partial charge on any atom is -0.467 e. The number of alkyl carbamates (subject to hydrolysis) is 1. The monoisotopic (exact) mass is 473 g/mol. The van der Waals surface area contributed by atoms with Gasteiger partial charge in [0.05, 0.1) is 18.3 Å². The summed E-state index contributed by atoms with van der Waals surface area (Å²) < 4.78 is 11.9. The molecule has 0 spiro atoms. The lowest BCUT2D eigenvalue weighted by Gasteiger charge is -2.23. The van der Waals surface area contributed by atoms with Gasteiger partial charge in [0.25, 0.3) is 5.56 Å². The summed E-state index contributed by atoms with van der Waals surface area (Å²) in [5.74, 6) is -0.582. The number of carbonyl (C=O) groups is 2. The summed E-state index contributed by atoms with van der Waals surface area (Å²) in [4.78, 5) is 41.9. The third kappa shape index (κ3) is 5.16. The standard InChI is InChI=1S/C27H27N3O5/c1-27(2,3)35-26(33)29-21(25(32)34-4)15-17-7-5-9-20-19(17)8-6-10-23(20)30-22-13-14-28-16-18(22)11-12-24(30)31/h5-14,16,21H,15H2,1-4H3,(H,29,33)/t21-/m0/s1. The molecule has 0 aliphatic carbocycles. The first-order chi connectivity index (χ1) is 16.7. The molecule has 1 amide bonds. The van der Waals surface area contributed by atoms with E-state index in [-0.39, 0.29) is 12.0 Å². The molecule has 0 aliphatic rings. The molecule has 180 valence electrons. The smallest absolute Gasteiger partial charge is 0.408 e. The van der Waals surface area contributed by atoms with Crippen LogP contribution in [0.5, 0.6) is 0 Å². The number of rotatable bonds is 5. The Morgan fingerprint density at radius 2 is 1.77 bits per heavy atom. The zero-order valence-corrected chi connectivity index (χ0v) is 20.1. The predicted octanol–water partition coefficient (Wildman–Crippen LogP) is 4.15. The second-order valence-corrected chi connectivity index (χ2v) is 9.16. The van der Waals surface area contributed by atoms with E-state index in [4.69, 9.17) is 9.47 Å². The summed E-state index contributed by atoms with van der Waals surface area (Å²) in [5.41, 5.74) is 1.39. The van der Waals surface area contributed by atoms with Gasteiger partial charge in [-0.05, 0) is 49.9 Å². The van der Waals surface area contributed by atoms with Crippen molar-refractivity contribution in [3.63, 3.8) is 0 Å². The van der Waals surface area contributed by atoms with E-state index in [0.717, 1.165) is 27.2 Å². The number of fused-ring (bicyclic) bond motifs is 2. The zero-order chi connectivity index (χ0) is 25.2. The average Bonchev–Trinajstić information content (AvgIpc) is 2.82. The number of nitrogens with zero attached hydrogens (tertiary/aromatic N) is 2. The van der Waals surface area contributed by atoms with Gasteiger partial charge in [0.2, 0.25) is 0 Å². The number of benzene rings is 2. The number of ether oxygens (including phenoxy) is 2. The second kappa shape index (κ2) is 9.58. The summed E-state index contributed by atoms with van der Waals surface area (Å²) in [5, 5.41) is 5.14. The molecule has 0 radical (unpaired) electrons. The number of hydrogen-bond donors (Lipinski definition) is 1. The number of pyridine rings is 2. The van der Waals surface area contributed by atoms with Crippen molar-refractivity contribution in [1.82, 2.24) is 14.9 Å². The largest absolute Gasteiger partial charge is 0.467 e. The Kier molecular flexibility index (Phi) is 6.55. The molecule has 4 rings (SSSR count). The minimum atomic E-state index is -0.949. The van der Waals surface area contributed by atoms with E-state index in [9.17, 15) is 14.4 Å². The van der Waals surface area contributed by atoms with Gasteiger partial charge in [-0.15, -0.1) is 0 Å². The van der Waals surface area contributed by atoms with E-state index in [1.807, 2.05) is 36.4 Å². The molecule has 0 fully saturated rings. The van der Waals surface area contributed by atoms with Crippen LogP contribution in [0.15, 0.2) is 71.8 Å². The molecule has 2 aromatic heterocycles. The Morgan fingerprint density at radius 1 is 1.03 bits per heavy atom. The molecule has 1 N–H and O–H groups in total. The second-order valence-electron chi connectivity index (χ2n) is 9.16. The number of amides is 1. The SMILES string of the molecule is COC(=O)[C@H](Cc1cccc2c(-n3c(=O)ccc4cnccc43)cccc12)NC(=O)OC(C)(C)C. The molecular formula is C27H27N3O5. The Bertz CT molecular complexity index is 1470. The Balaban J connectivity index is 1.78. The molecule has 0 unspecified atom stereocenters. The van der Waals surface area contributed by atoms with Crippen LogP contribution < -0.4 is 10.9 Å². The fourth-order valence-corrected chi connectivity index (χ4v) is 4.07. The van der Waals surface area contributed by atoms with Gasteiger partial charge in [-0.25, -0.2) is 9.59 Å². The normalized spacial score (nSPS) is 12.3. The molecule has 2 aromatic carbocycles. The lowest BCUT2D eigenvalue weighted by Crippen LogP contribution is -2.45. The molecule has 35 heavy (non-hydrogen) atoms. The first kappa shape index (κ1) is 23.9. The number of hydrogen-bond acceptors (Lipinski definition) is 6. The van der Waals surface area contributed by atoms with Gasteiger partial charge in [0.1, 0.15) is 11.6 Å². The lowest BCUT2D eigenvalue weighted by molar-refractivity contribution is -0.143. The first-order valence-electron chi connectivity index (χ1n) is 11.2. The van der Waals surface area contributed by atoms with Crippen molar-refractivity contribution in [3.05, 3.63) is 82.9 Å². The van der Waals surface area contributed by atoms with Crippen molar-refractivity contribution in [2.45, 2.75) is 38.8 Å². The van der Waals surface area contributed by atoms with Crippen molar-refractivity contribution in [2.75, 3.05) is 7.11 Å². The third-order valence-corrected chi connectivity index (χ3v) is 5.53. The Labute approximate surface area is 202 Å². The highest BCUT2D eigenvalue weighted by Gasteiger charge is 2.26. The molecule has 0 aliphatic heterocycles. The van der Waals surface area contributed by atoms with E-state index in [2.05, 4.69) is 10.3 Å². The van der Waals surface area contributed by atoms with Crippen LogP contribution in [0.2, 0.25) is 0 Å². The van der Waals surface area contributed by atoms with Crippen molar-refractivity contribution < 1.29 is 19.1 Å². The van der Waals surface area contributed by atoms with Crippen LogP contribution in [0.4, 0.5) is 4.79 Å². The highest BCUT2D eigenvalue weighted by atomic mass is 16.6. The quantitative estimate of drug-likeness (QED) is 0.437. The fraction of sp³-hybridized carbons (Fsp3) is 0.259. The summed E-state index contributed by atoms with van der Waals surface area (Å²) in [6.07, 6.45) is 2.84. The zero-order valence-electron chi connectivity index (χ0n) is 20.1. The number of nitrogens with one attached hydrogen (secondary N) is 1. The van der Waals surface area contributed by atoms with Crippen LogP contribution in [-0.4, -0.2) is 40.4 Å². The van der Waals surface area contributed by atoms with Gasteiger partial charge >= 0.3 is 12.1 Å². The van der Waals surface area contributed by atoms with E-state index < -0.39 is 23.7 Å². The lowest BCUT2D eigenvalue weighted by atomic mass is 9.97. The number of esters is 1. The van der Waals surface area contributed by atoms with Crippen LogP contribution in [-0.2, 0) is 20.7 Å². The van der Waals surface area contributed by atoms with Crippen LogP contribution in [0.1, 0.15) is 26.3 Å². The fourth-order valence-electron chi connectivity index (χ4n) is 4.07. The van der Waals surface area contributed by atoms with Crippen molar-refractivity contribution in [3.8, 4) is 5.69 Å². The molecule has 8 heteroatoms. The first-order valence-corrected chi connectivity index (χ1v) is 11.2. The van der Waals surface area contributed by atoms with Gasteiger partial charge in [-0.2, -0.15) is 0 Å². The van der Waals surface area contributed by atoms with E-state index in [0.29, 0.717) is 5.69 Å². The molecular weight excluding hydrogens is 446 g/mol. The van der Waals surface area contributed by atoms with Gasteiger partial charge < -0.3 is 14.8 Å². The Morgan fingerprint density at radius 3 is 2.51 bits per heavy atom. The van der Waals surface area contributed by atoms with Gasteiger partial charge in [0.15, 0.2) is 0 Å². The van der Waals surface area contributed by atoms with E-state index in [1.165, 1.54) is 13.2 Å². The summed E-state index contributed by atoms with van der Waals surface area (Å²) >= 11 is 0. The molecule has 8 nitrogen and oxygen atoms in total. The predicted molar refractivity (Wildman–Crippen MR) is 134 cm³/mol. The number of methoxy groups -OCH3 is 1. The van der Waals surface area contributed by atoms with Gasteiger partial charge in [-0.1, -0.05) is 30.3 Å². The summed E-state index contributed by atoms with van der Waals surface area (Å²) in [6, 6.07) is 15.5. The minimum absolute atomic E-state index is 0.166. The topological polar surface area (TPSA) is 99.5 Å². The third-order valence-electron chi connectivity index (χ3n) is 5.53. The maximum absolute atomic E-state index is 12.9.